The summed E-state index contributed by atoms with van der Waals surface area (Å²) in [5.41, 5.74) is 0. The first kappa shape index (κ1) is 18.7. The van der Waals surface area contributed by atoms with Crippen LogP contribution in [-0.4, -0.2) is 43.4 Å². The van der Waals surface area contributed by atoms with Gasteiger partial charge in [0.1, 0.15) is 13.2 Å². The lowest BCUT2D eigenvalue weighted by molar-refractivity contribution is -0.166. The average Bonchev–Trinajstić information content (AvgIpc) is 2.31. The van der Waals surface area contributed by atoms with E-state index in [4.69, 9.17) is 4.55 Å². The predicted molar refractivity (Wildman–Crippen MR) is 62.4 cm³/mol. The van der Waals surface area contributed by atoms with Crippen molar-refractivity contribution >= 4 is 22.1 Å². The maximum atomic E-state index is 12.7. The number of rotatable bonds is 7. The maximum Gasteiger partial charge on any atom is 0.465 e. The van der Waals surface area contributed by atoms with Gasteiger partial charge in [-0.2, -0.15) is 17.2 Å². The minimum absolute atomic E-state index is 0.00826. The third kappa shape index (κ3) is 5.00. The Bertz CT molecular complexity index is 458. The van der Waals surface area contributed by atoms with Gasteiger partial charge < -0.3 is 9.47 Å². The highest BCUT2D eigenvalue weighted by Crippen LogP contribution is 2.22. The first-order chi connectivity index (χ1) is 8.91. The molecule has 0 heterocycles. The molecule has 0 aromatic heterocycles. The number of hydrogen-bond donors (Lipinski definition) is 1. The summed E-state index contributed by atoms with van der Waals surface area (Å²) in [7, 11) is -5.90. The first-order valence-corrected chi connectivity index (χ1v) is 7.04. The molecule has 0 amide bonds. The Kier molecular flexibility index (Phi) is 6.48. The molecular weight excluding hydrogens is 302 g/mol. The van der Waals surface area contributed by atoms with Crippen molar-refractivity contribution in [1.82, 2.24) is 0 Å². The molecule has 1 atom stereocenters. The molecule has 0 bridgehead atoms. The molecule has 0 aliphatic heterocycles. The Labute approximate surface area is 115 Å². The lowest BCUT2D eigenvalue weighted by Gasteiger charge is -2.15. The van der Waals surface area contributed by atoms with E-state index in [1.165, 1.54) is 0 Å². The minimum Gasteiger partial charge on any atom is -0.462 e. The summed E-state index contributed by atoms with van der Waals surface area (Å²) in [5.74, 6) is -3.45. The van der Waals surface area contributed by atoms with Crippen LogP contribution in [0, 0.1) is 11.8 Å². The smallest absolute Gasteiger partial charge is 0.462 e. The van der Waals surface area contributed by atoms with Crippen LogP contribution in [0.2, 0.25) is 0 Å². The van der Waals surface area contributed by atoms with Crippen molar-refractivity contribution in [2.24, 2.45) is 11.8 Å². The molecule has 0 aliphatic rings. The van der Waals surface area contributed by atoms with E-state index in [0.717, 1.165) is 0 Å². The summed E-state index contributed by atoms with van der Waals surface area (Å²) in [6, 6.07) is 0. The fourth-order valence-electron chi connectivity index (χ4n) is 0.870. The second-order valence-electron chi connectivity index (χ2n) is 4.33. The number of halogens is 2. The SMILES string of the molecule is CC(C)C(C)C(=O)OCCOC(=O)C(F)(F)S(=O)(=O)O. The van der Waals surface area contributed by atoms with Gasteiger partial charge in [0.25, 0.3) is 0 Å². The molecule has 0 aliphatic carbocycles. The molecule has 10 heteroatoms. The molecule has 0 aromatic carbocycles. The summed E-state index contributed by atoms with van der Waals surface area (Å²) in [6.07, 6.45) is 0. The van der Waals surface area contributed by atoms with E-state index in [9.17, 15) is 26.8 Å². The van der Waals surface area contributed by atoms with E-state index in [0.29, 0.717) is 0 Å². The number of alkyl halides is 2. The van der Waals surface area contributed by atoms with Crippen LogP contribution in [0.1, 0.15) is 20.8 Å². The lowest BCUT2D eigenvalue weighted by atomic mass is 9.99. The van der Waals surface area contributed by atoms with Gasteiger partial charge in [-0.15, -0.1) is 0 Å². The third-order valence-electron chi connectivity index (χ3n) is 2.49. The van der Waals surface area contributed by atoms with Crippen LogP contribution in [0.4, 0.5) is 8.78 Å². The van der Waals surface area contributed by atoms with Crippen molar-refractivity contribution in [1.29, 1.82) is 0 Å². The topological polar surface area (TPSA) is 107 Å². The van der Waals surface area contributed by atoms with E-state index >= 15 is 0 Å². The standard InChI is InChI=1S/C10H16F2O7S/c1-6(2)7(3)8(13)18-4-5-19-9(14)10(11,12)20(15,16)17/h6-7H,4-5H2,1-3H3,(H,15,16,17). The van der Waals surface area contributed by atoms with Crippen molar-refractivity contribution in [2.75, 3.05) is 13.2 Å². The molecule has 0 spiro atoms. The Morgan fingerprint density at radius 2 is 1.60 bits per heavy atom. The van der Waals surface area contributed by atoms with Gasteiger partial charge in [-0.3, -0.25) is 9.35 Å². The number of ether oxygens (including phenoxy) is 2. The summed E-state index contributed by atoms with van der Waals surface area (Å²) in [6.45, 7) is 3.91. The molecule has 1 unspecified atom stereocenters. The van der Waals surface area contributed by atoms with Crippen LogP contribution >= 0.6 is 0 Å². The Hall–Kier alpha value is -1.29. The molecule has 118 valence electrons. The van der Waals surface area contributed by atoms with Gasteiger partial charge >= 0.3 is 27.3 Å². The van der Waals surface area contributed by atoms with Crippen LogP contribution < -0.4 is 0 Å². The number of carbonyl (C=O) groups excluding carboxylic acids is 2. The third-order valence-corrected chi connectivity index (χ3v) is 3.31. The predicted octanol–water partition coefficient (Wildman–Crippen LogP) is 0.846. The molecule has 0 radical (unpaired) electrons. The molecule has 0 fully saturated rings. The molecule has 1 N–H and O–H groups in total. The van der Waals surface area contributed by atoms with Gasteiger partial charge in [-0.25, -0.2) is 4.79 Å². The fraction of sp³-hybridized carbons (Fsp3) is 0.800. The fourth-order valence-corrected chi connectivity index (χ4v) is 1.14. The second-order valence-corrected chi connectivity index (χ2v) is 5.79. The van der Waals surface area contributed by atoms with Crippen LogP contribution in [0.5, 0.6) is 0 Å². The highest BCUT2D eigenvalue weighted by Gasteiger charge is 2.54. The van der Waals surface area contributed by atoms with Crippen LogP contribution in [0.3, 0.4) is 0 Å². The van der Waals surface area contributed by atoms with Crippen molar-refractivity contribution in [3.63, 3.8) is 0 Å². The summed E-state index contributed by atoms with van der Waals surface area (Å²) in [5, 5.41) is -5.05. The Balaban J connectivity index is 4.22. The zero-order valence-corrected chi connectivity index (χ0v) is 11.9. The molecule has 20 heavy (non-hydrogen) atoms. The van der Waals surface area contributed by atoms with Crippen LogP contribution in [0.15, 0.2) is 0 Å². The van der Waals surface area contributed by atoms with Gasteiger partial charge in [0.05, 0.1) is 5.92 Å². The maximum absolute atomic E-state index is 12.7. The number of esters is 2. The highest BCUT2D eigenvalue weighted by molar-refractivity contribution is 7.87. The molecule has 7 nitrogen and oxygen atoms in total. The Morgan fingerprint density at radius 3 is 2.00 bits per heavy atom. The summed E-state index contributed by atoms with van der Waals surface area (Å²) in [4.78, 5) is 22.1. The minimum atomic E-state index is -5.90. The zero-order chi connectivity index (χ0) is 16.1. The quantitative estimate of drug-likeness (QED) is 0.421. The van der Waals surface area contributed by atoms with Crippen molar-refractivity contribution in [3.8, 4) is 0 Å². The van der Waals surface area contributed by atoms with Gasteiger partial charge in [0, 0.05) is 0 Å². The van der Waals surface area contributed by atoms with E-state index in [-0.39, 0.29) is 5.92 Å². The van der Waals surface area contributed by atoms with E-state index in [2.05, 4.69) is 9.47 Å². The second kappa shape index (κ2) is 6.93. The lowest BCUT2D eigenvalue weighted by Crippen LogP contribution is -2.39. The molecule has 0 saturated carbocycles. The monoisotopic (exact) mass is 318 g/mol. The van der Waals surface area contributed by atoms with Crippen molar-refractivity contribution in [3.05, 3.63) is 0 Å². The molecule has 0 aromatic rings. The summed E-state index contributed by atoms with van der Waals surface area (Å²) >= 11 is 0. The largest absolute Gasteiger partial charge is 0.465 e. The Morgan fingerprint density at radius 1 is 1.15 bits per heavy atom. The van der Waals surface area contributed by atoms with Crippen LogP contribution in [-0.2, 0) is 29.2 Å². The van der Waals surface area contributed by atoms with Gasteiger partial charge in [0.15, 0.2) is 0 Å². The van der Waals surface area contributed by atoms with Gasteiger partial charge in [-0.05, 0) is 5.92 Å². The van der Waals surface area contributed by atoms with Crippen molar-refractivity contribution in [2.45, 2.75) is 26.0 Å². The highest BCUT2D eigenvalue weighted by atomic mass is 32.2. The first-order valence-electron chi connectivity index (χ1n) is 5.60. The summed E-state index contributed by atoms with van der Waals surface area (Å²) < 4.78 is 62.6. The van der Waals surface area contributed by atoms with Gasteiger partial charge in [0.2, 0.25) is 0 Å². The number of hydrogen-bond acceptors (Lipinski definition) is 6. The van der Waals surface area contributed by atoms with E-state index < -0.39 is 46.4 Å². The molecule has 0 rings (SSSR count). The van der Waals surface area contributed by atoms with Gasteiger partial charge in [-0.1, -0.05) is 20.8 Å². The van der Waals surface area contributed by atoms with E-state index in [1.807, 2.05) is 0 Å². The van der Waals surface area contributed by atoms with Crippen LogP contribution in [0.25, 0.3) is 0 Å². The van der Waals surface area contributed by atoms with Crippen molar-refractivity contribution < 1.29 is 40.8 Å². The molecular formula is C10H16F2O7S. The molecule has 0 saturated heterocycles. The zero-order valence-electron chi connectivity index (χ0n) is 11.1. The number of carbonyl (C=O) groups is 2. The average molecular weight is 318 g/mol. The van der Waals surface area contributed by atoms with E-state index in [1.54, 1.807) is 20.8 Å². The normalized spacial score (nSPS) is 13.9.